The third-order valence-electron chi connectivity index (χ3n) is 2.95. The van der Waals surface area contributed by atoms with Crippen LogP contribution >= 0.6 is 0 Å². The van der Waals surface area contributed by atoms with Gasteiger partial charge in [0, 0.05) is 13.5 Å². The van der Waals surface area contributed by atoms with Crippen molar-refractivity contribution in [1.82, 2.24) is 5.32 Å². The van der Waals surface area contributed by atoms with E-state index in [-0.39, 0.29) is 18.9 Å². The number of hydrogen-bond donors (Lipinski definition) is 4. The Bertz CT molecular complexity index is 329. The monoisotopic (exact) mass is 291 g/mol. The van der Waals surface area contributed by atoms with Crippen LogP contribution in [-0.2, 0) is 14.3 Å². The summed E-state index contributed by atoms with van der Waals surface area (Å²) in [6.07, 6.45) is -3.88. The van der Waals surface area contributed by atoms with Crippen LogP contribution in [-0.4, -0.2) is 64.1 Å². The summed E-state index contributed by atoms with van der Waals surface area (Å²) in [4.78, 5) is 11.2. The standard InChI is InChI=1S/C13H25NO6/c1-7(16)14-9-11(18)10(17)8(5-6-15)19-12(9)20-13(2,3)4/h8-12,15,17-18H,5-6H2,1-4H3,(H,14,16)/t8-,9-,10+,11-,12-/m1/s1. The van der Waals surface area contributed by atoms with Crippen LogP contribution in [0.1, 0.15) is 34.1 Å². The Kier molecular flexibility index (Phi) is 5.91. The Balaban J connectivity index is 2.89. The molecule has 7 nitrogen and oxygen atoms in total. The highest BCUT2D eigenvalue weighted by Gasteiger charge is 2.46. The van der Waals surface area contributed by atoms with E-state index in [4.69, 9.17) is 14.6 Å². The number of aliphatic hydroxyl groups is 3. The second-order valence-corrected chi connectivity index (χ2v) is 5.99. The molecular formula is C13H25NO6. The molecule has 1 aliphatic heterocycles. The van der Waals surface area contributed by atoms with E-state index in [1.807, 2.05) is 20.8 Å². The van der Waals surface area contributed by atoms with Crippen LogP contribution in [0.2, 0.25) is 0 Å². The van der Waals surface area contributed by atoms with Crippen molar-refractivity contribution in [3.8, 4) is 0 Å². The molecule has 5 atom stereocenters. The largest absolute Gasteiger partial charge is 0.396 e. The van der Waals surface area contributed by atoms with Gasteiger partial charge in [0.15, 0.2) is 6.29 Å². The third kappa shape index (κ3) is 4.68. The van der Waals surface area contributed by atoms with Gasteiger partial charge in [-0.3, -0.25) is 4.79 Å². The van der Waals surface area contributed by atoms with Crippen molar-refractivity contribution in [2.75, 3.05) is 6.61 Å². The van der Waals surface area contributed by atoms with Gasteiger partial charge in [-0.25, -0.2) is 0 Å². The molecule has 118 valence electrons. The minimum absolute atomic E-state index is 0.176. The highest BCUT2D eigenvalue weighted by molar-refractivity contribution is 5.73. The van der Waals surface area contributed by atoms with E-state index >= 15 is 0 Å². The van der Waals surface area contributed by atoms with Gasteiger partial charge in [-0.15, -0.1) is 0 Å². The van der Waals surface area contributed by atoms with Gasteiger partial charge in [-0.05, 0) is 27.2 Å². The molecule has 1 aliphatic rings. The van der Waals surface area contributed by atoms with Crippen LogP contribution in [0, 0.1) is 0 Å². The molecule has 0 aromatic rings. The molecule has 1 rings (SSSR count). The smallest absolute Gasteiger partial charge is 0.217 e. The van der Waals surface area contributed by atoms with Gasteiger partial charge in [0.2, 0.25) is 5.91 Å². The Morgan fingerprint density at radius 3 is 2.35 bits per heavy atom. The number of aliphatic hydroxyl groups excluding tert-OH is 3. The third-order valence-corrected chi connectivity index (χ3v) is 2.95. The normalized spacial score (nSPS) is 34.9. The van der Waals surface area contributed by atoms with Crippen molar-refractivity contribution >= 4 is 5.91 Å². The van der Waals surface area contributed by atoms with Gasteiger partial charge in [0.1, 0.15) is 18.2 Å². The Morgan fingerprint density at radius 2 is 1.90 bits per heavy atom. The van der Waals surface area contributed by atoms with Crippen LogP contribution < -0.4 is 5.32 Å². The zero-order chi connectivity index (χ0) is 15.5. The second kappa shape index (κ2) is 6.82. The highest BCUT2D eigenvalue weighted by atomic mass is 16.7. The minimum Gasteiger partial charge on any atom is -0.396 e. The maximum Gasteiger partial charge on any atom is 0.217 e. The topological polar surface area (TPSA) is 108 Å². The summed E-state index contributed by atoms with van der Waals surface area (Å²) in [5.74, 6) is -0.354. The predicted molar refractivity (Wildman–Crippen MR) is 70.8 cm³/mol. The maximum atomic E-state index is 11.2. The molecule has 1 heterocycles. The van der Waals surface area contributed by atoms with E-state index in [1.165, 1.54) is 6.92 Å². The first-order chi connectivity index (χ1) is 9.15. The zero-order valence-corrected chi connectivity index (χ0v) is 12.4. The van der Waals surface area contributed by atoms with Gasteiger partial charge in [0.25, 0.3) is 0 Å². The molecule has 0 bridgehead atoms. The number of nitrogens with one attached hydrogen (secondary N) is 1. The molecule has 0 unspecified atom stereocenters. The summed E-state index contributed by atoms with van der Waals surface area (Å²) in [6.45, 7) is 6.59. The van der Waals surface area contributed by atoms with Crippen LogP contribution in [0.25, 0.3) is 0 Å². The van der Waals surface area contributed by atoms with Gasteiger partial charge >= 0.3 is 0 Å². The molecule has 4 N–H and O–H groups in total. The number of rotatable bonds is 4. The first-order valence-corrected chi connectivity index (χ1v) is 6.73. The molecule has 1 fully saturated rings. The van der Waals surface area contributed by atoms with Crippen molar-refractivity contribution in [1.29, 1.82) is 0 Å². The molecule has 7 heteroatoms. The average molecular weight is 291 g/mol. The summed E-state index contributed by atoms with van der Waals surface area (Å²) >= 11 is 0. The Morgan fingerprint density at radius 1 is 1.30 bits per heavy atom. The Labute approximate surface area is 118 Å². The summed E-state index contributed by atoms with van der Waals surface area (Å²) in [5.41, 5.74) is -0.548. The predicted octanol–water partition coefficient (Wildman–Crippen LogP) is -0.865. The highest BCUT2D eigenvalue weighted by Crippen LogP contribution is 2.27. The van der Waals surface area contributed by atoms with E-state index in [9.17, 15) is 15.0 Å². The Hall–Kier alpha value is -0.730. The number of carbonyl (C=O) groups excluding carboxylic acids is 1. The van der Waals surface area contributed by atoms with Gasteiger partial charge in [-0.2, -0.15) is 0 Å². The van der Waals surface area contributed by atoms with Crippen molar-refractivity contribution in [2.24, 2.45) is 0 Å². The molecule has 1 saturated heterocycles. The molecule has 0 saturated carbocycles. The van der Waals surface area contributed by atoms with Gasteiger partial charge < -0.3 is 30.1 Å². The molecule has 0 aromatic heterocycles. The zero-order valence-electron chi connectivity index (χ0n) is 12.4. The molecule has 0 aliphatic carbocycles. The lowest BCUT2D eigenvalue weighted by Crippen LogP contribution is -2.64. The summed E-state index contributed by atoms with van der Waals surface area (Å²) in [6, 6.07) is -0.864. The van der Waals surface area contributed by atoms with Crippen LogP contribution in [0.15, 0.2) is 0 Å². The van der Waals surface area contributed by atoms with E-state index in [2.05, 4.69) is 5.32 Å². The van der Waals surface area contributed by atoms with Crippen LogP contribution in [0.4, 0.5) is 0 Å². The van der Waals surface area contributed by atoms with Crippen LogP contribution in [0.5, 0.6) is 0 Å². The van der Waals surface area contributed by atoms with Crippen molar-refractivity contribution in [2.45, 2.75) is 70.4 Å². The lowest BCUT2D eigenvalue weighted by molar-refractivity contribution is -0.290. The number of hydrogen-bond acceptors (Lipinski definition) is 6. The van der Waals surface area contributed by atoms with E-state index in [0.717, 1.165) is 0 Å². The summed E-state index contributed by atoms with van der Waals surface area (Å²) in [7, 11) is 0. The molecule has 0 radical (unpaired) electrons. The number of ether oxygens (including phenoxy) is 2. The molecule has 0 aromatic carbocycles. The lowest BCUT2D eigenvalue weighted by Gasteiger charge is -2.44. The van der Waals surface area contributed by atoms with E-state index < -0.39 is 36.2 Å². The molecular weight excluding hydrogens is 266 g/mol. The number of amides is 1. The minimum atomic E-state index is -1.23. The van der Waals surface area contributed by atoms with E-state index in [0.29, 0.717) is 0 Å². The molecule has 0 spiro atoms. The fourth-order valence-electron chi connectivity index (χ4n) is 2.13. The molecule has 1 amide bonds. The van der Waals surface area contributed by atoms with Crippen LogP contribution in [0.3, 0.4) is 0 Å². The van der Waals surface area contributed by atoms with Crippen molar-refractivity contribution < 1.29 is 29.6 Å². The second-order valence-electron chi connectivity index (χ2n) is 5.99. The first kappa shape index (κ1) is 17.3. The summed E-state index contributed by atoms with van der Waals surface area (Å²) in [5, 5.41) is 31.6. The van der Waals surface area contributed by atoms with Crippen molar-refractivity contribution in [3.63, 3.8) is 0 Å². The quantitative estimate of drug-likeness (QED) is 0.536. The fourth-order valence-corrected chi connectivity index (χ4v) is 2.13. The van der Waals surface area contributed by atoms with Gasteiger partial charge in [-0.1, -0.05) is 0 Å². The van der Waals surface area contributed by atoms with E-state index in [1.54, 1.807) is 0 Å². The first-order valence-electron chi connectivity index (χ1n) is 6.73. The SMILES string of the molecule is CC(=O)N[C@H]1[C@@H](OC(C)(C)C)O[C@H](CCO)[C@H](O)[C@@H]1O. The fraction of sp³-hybridized carbons (Fsp3) is 0.923. The van der Waals surface area contributed by atoms with Crippen molar-refractivity contribution in [3.05, 3.63) is 0 Å². The maximum absolute atomic E-state index is 11.2. The lowest BCUT2D eigenvalue weighted by atomic mass is 9.94. The van der Waals surface area contributed by atoms with Gasteiger partial charge in [0.05, 0.1) is 11.7 Å². The molecule has 20 heavy (non-hydrogen) atoms. The number of carbonyl (C=O) groups is 1. The average Bonchev–Trinajstić information content (AvgIpc) is 2.29. The summed E-state index contributed by atoms with van der Waals surface area (Å²) < 4.78 is 11.3.